The van der Waals surface area contributed by atoms with E-state index < -0.39 is 52.0 Å². The lowest BCUT2D eigenvalue weighted by atomic mass is 9.73. The zero-order chi connectivity index (χ0) is 35.2. The number of amides is 2. The van der Waals surface area contributed by atoms with Crippen LogP contribution in [0, 0.1) is 22.7 Å². The number of pyridine rings is 1. The summed E-state index contributed by atoms with van der Waals surface area (Å²) in [6.45, 7) is 3.13. The summed E-state index contributed by atoms with van der Waals surface area (Å²) >= 11 is 0. The van der Waals surface area contributed by atoms with Crippen LogP contribution >= 0.6 is 0 Å². The van der Waals surface area contributed by atoms with Gasteiger partial charge in [0.15, 0.2) is 0 Å². The van der Waals surface area contributed by atoms with Gasteiger partial charge in [0.05, 0.1) is 40.6 Å². The number of benzene rings is 1. The number of nitriles is 1. The van der Waals surface area contributed by atoms with Gasteiger partial charge in [-0.3, -0.25) is 19.4 Å². The fourth-order valence-electron chi connectivity index (χ4n) is 8.20. The Balaban J connectivity index is 1.26. The van der Waals surface area contributed by atoms with Crippen LogP contribution in [0.5, 0.6) is 5.75 Å². The number of aromatic nitrogens is 1. The highest BCUT2D eigenvalue weighted by Gasteiger charge is 2.46. The molecule has 0 bridgehead atoms. The van der Waals surface area contributed by atoms with Crippen molar-refractivity contribution in [2.75, 3.05) is 26.2 Å². The van der Waals surface area contributed by atoms with E-state index in [1.54, 1.807) is 4.90 Å². The van der Waals surface area contributed by atoms with Crippen molar-refractivity contribution in [3.05, 3.63) is 59.4 Å². The SMILES string of the molecule is CCCC1C(C(=O)N2CCC(C#N)(c3ccccc3OCCCC3(C(=O)O)CCCC3)CC2)CCCN1C(=O)c1cnccc1C(F)(F)F. The van der Waals surface area contributed by atoms with Crippen molar-refractivity contribution < 1.29 is 37.4 Å². The van der Waals surface area contributed by atoms with Gasteiger partial charge < -0.3 is 19.6 Å². The number of alkyl halides is 3. The normalized spacial score (nSPS) is 21.9. The lowest BCUT2D eigenvalue weighted by molar-refractivity contribution is -0.149. The molecule has 2 atom stereocenters. The topological polar surface area (TPSA) is 124 Å². The van der Waals surface area contributed by atoms with Crippen molar-refractivity contribution in [2.24, 2.45) is 11.3 Å². The Bertz CT molecular complexity index is 1540. The number of carboxylic acids is 1. The zero-order valence-electron chi connectivity index (χ0n) is 28.0. The van der Waals surface area contributed by atoms with Crippen LogP contribution in [0.3, 0.4) is 0 Å². The molecule has 2 saturated heterocycles. The van der Waals surface area contributed by atoms with Crippen LogP contribution in [0.1, 0.15) is 105 Å². The monoisotopic (exact) mass is 682 g/mol. The molecule has 1 aromatic heterocycles. The Hall–Kier alpha value is -4.14. The molecule has 0 spiro atoms. The van der Waals surface area contributed by atoms with Crippen molar-refractivity contribution in [3.8, 4) is 11.8 Å². The Morgan fingerprint density at radius 2 is 1.78 bits per heavy atom. The van der Waals surface area contributed by atoms with E-state index in [-0.39, 0.29) is 12.5 Å². The van der Waals surface area contributed by atoms with Gasteiger partial charge in [0.2, 0.25) is 5.91 Å². The smallest absolute Gasteiger partial charge is 0.417 e. The number of hydrogen-bond acceptors (Lipinski definition) is 6. The summed E-state index contributed by atoms with van der Waals surface area (Å²) in [5.74, 6) is -1.64. The van der Waals surface area contributed by atoms with Gasteiger partial charge in [-0.1, -0.05) is 44.4 Å². The van der Waals surface area contributed by atoms with Gasteiger partial charge in [-0.05, 0) is 69.9 Å². The van der Waals surface area contributed by atoms with E-state index in [2.05, 4.69) is 11.1 Å². The number of likely N-dealkylation sites (tertiary alicyclic amines) is 2. The number of aliphatic carboxylic acids is 1. The van der Waals surface area contributed by atoms with Crippen LogP contribution < -0.4 is 4.74 Å². The second-order valence-electron chi connectivity index (χ2n) is 13.8. The lowest BCUT2D eigenvalue weighted by Crippen LogP contribution is -2.55. The number of carbonyl (C=O) groups is 3. The summed E-state index contributed by atoms with van der Waals surface area (Å²) in [6.07, 6.45) is 4.44. The van der Waals surface area contributed by atoms with Gasteiger partial charge >= 0.3 is 12.1 Å². The highest BCUT2D eigenvalue weighted by molar-refractivity contribution is 5.96. The second-order valence-corrected chi connectivity index (χ2v) is 13.8. The van der Waals surface area contributed by atoms with Crippen LogP contribution in [-0.4, -0.2) is 70.0 Å². The molecule has 49 heavy (non-hydrogen) atoms. The van der Waals surface area contributed by atoms with Crippen molar-refractivity contribution in [2.45, 2.75) is 102 Å². The quantitative estimate of drug-likeness (QED) is 0.253. The first kappa shape index (κ1) is 36.1. The average Bonchev–Trinajstić information content (AvgIpc) is 3.60. The van der Waals surface area contributed by atoms with Gasteiger partial charge in [-0.25, -0.2) is 0 Å². The van der Waals surface area contributed by atoms with E-state index >= 15 is 0 Å². The molecule has 1 aromatic carbocycles. The molecule has 2 unspecified atom stereocenters. The number of rotatable bonds is 11. The summed E-state index contributed by atoms with van der Waals surface area (Å²) in [6, 6.07) is 10.2. The number of halogens is 3. The first-order chi connectivity index (χ1) is 23.5. The average molecular weight is 683 g/mol. The maximum absolute atomic E-state index is 14.1. The van der Waals surface area contributed by atoms with Crippen LogP contribution in [0.4, 0.5) is 13.2 Å². The summed E-state index contributed by atoms with van der Waals surface area (Å²) in [5.41, 5.74) is -2.38. The minimum Gasteiger partial charge on any atom is -0.493 e. The minimum absolute atomic E-state index is 0.145. The summed E-state index contributed by atoms with van der Waals surface area (Å²) in [4.78, 5) is 46.6. The largest absolute Gasteiger partial charge is 0.493 e. The number of carbonyl (C=O) groups excluding carboxylic acids is 2. The molecule has 5 rings (SSSR count). The molecule has 12 heteroatoms. The summed E-state index contributed by atoms with van der Waals surface area (Å²) in [7, 11) is 0. The first-order valence-corrected chi connectivity index (χ1v) is 17.4. The Morgan fingerprint density at radius 1 is 1.06 bits per heavy atom. The number of ether oxygens (including phenoxy) is 1. The number of carboxylic acid groups (broad SMARTS) is 1. The molecule has 9 nitrogen and oxygen atoms in total. The van der Waals surface area contributed by atoms with Gasteiger partial charge in [0.25, 0.3) is 5.91 Å². The molecular formula is C37H45F3N4O5. The molecule has 3 aliphatic rings. The van der Waals surface area contributed by atoms with Crippen molar-refractivity contribution in [1.82, 2.24) is 14.8 Å². The maximum atomic E-state index is 14.1. The van der Waals surface area contributed by atoms with Crippen LogP contribution in [-0.2, 0) is 21.2 Å². The maximum Gasteiger partial charge on any atom is 0.417 e. The van der Waals surface area contributed by atoms with Gasteiger partial charge in [-0.2, -0.15) is 18.4 Å². The van der Waals surface area contributed by atoms with E-state index in [0.717, 1.165) is 36.9 Å². The minimum atomic E-state index is -4.72. The van der Waals surface area contributed by atoms with Crippen LogP contribution in [0.2, 0.25) is 0 Å². The predicted molar refractivity (Wildman–Crippen MR) is 175 cm³/mol. The Kier molecular flexibility index (Phi) is 11.2. The molecular weight excluding hydrogens is 637 g/mol. The van der Waals surface area contributed by atoms with Crippen LogP contribution in [0.15, 0.2) is 42.7 Å². The summed E-state index contributed by atoms with van der Waals surface area (Å²) in [5, 5.41) is 20.3. The van der Waals surface area contributed by atoms with E-state index in [4.69, 9.17) is 4.74 Å². The molecule has 1 aliphatic carbocycles. The van der Waals surface area contributed by atoms with Gasteiger partial charge in [-0.15, -0.1) is 0 Å². The molecule has 3 fully saturated rings. The van der Waals surface area contributed by atoms with E-state index in [1.807, 2.05) is 31.2 Å². The molecule has 2 amide bonds. The second kappa shape index (κ2) is 15.2. The molecule has 3 heterocycles. The zero-order valence-corrected chi connectivity index (χ0v) is 28.0. The third-order valence-electron chi connectivity index (χ3n) is 10.9. The van der Waals surface area contributed by atoms with E-state index in [1.165, 1.54) is 4.90 Å². The van der Waals surface area contributed by atoms with Crippen molar-refractivity contribution >= 4 is 17.8 Å². The third-order valence-corrected chi connectivity index (χ3v) is 10.9. The molecule has 0 radical (unpaired) electrons. The Morgan fingerprint density at radius 3 is 2.43 bits per heavy atom. The first-order valence-electron chi connectivity index (χ1n) is 17.4. The highest BCUT2D eigenvalue weighted by atomic mass is 19.4. The van der Waals surface area contributed by atoms with Gasteiger partial charge in [0.1, 0.15) is 5.75 Å². The fourth-order valence-corrected chi connectivity index (χ4v) is 8.20. The van der Waals surface area contributed by atoms with Gasteiger partial charge in [0, 0.05) is 43.6 Å². The standard InChI is InChI=1S/C37H45F3N4O5/c1-2-9-30-26(10-7-20-44(30)33(46)27-24-42-19-13-28(27)37(38,39)40)32(45)43-21-17-36(25-41,18-22-43)29-11-3-4-12-31(29)49-23-8-16-35(34(47)48)14-5-6-15-35/h3-4,11-13,19,24,26,30H,2,5-10,14-18,20-23H2,1H3,(H,47,48). The number of piperidine rings is 2. The number of para-hydroxylation sites is 1. The summed E-state index contributed by atoms with van der Waals surface area (Å²) < 4.78 is 47.5. The molecule has 264 valence electrons. The van der Waals surface area contributed by atoms with E-state index in [0.29, 0.717) is 89.7 Å². The molecule has 2 aromatic rings. The lowest BCUT2D eigenvalue weighted by Gasteiger charge is -2.44. The third kappa shape index (κ3) is 7.55. The fraction of sp³-hybridized carbons (Fsp3) is 0.595. The predicted octanol–water partition coefficient (Wildman–Crippen LogP) is 7.01. The van der Waals surface area contributed by atoms with Crippen molar-refractivity contribution in [1.29, 1.82) is 5.26 Å². The van der Waals surface area contributed by atoms with Crippen molar-refractivity contribution in [3.63, 3.8) is 0 Å². The van der Waals surface area contributed by atoms with Crippen LogP contribution in [0.25, 0.3) is 0 Å². The number of nitrogens with zero attached hydrogens (tertiary/aromatic N) is 4. The Labute approximate surface area is 285 Å². The number of hydrogen-bond donors (Lipinski definition) is 1. The molecule has 1 N–H and O–H groups in total. The molecule has 1 saturated carbocycles. The highest BCUT2D eigenvalue weighted by Crippen LogP contribution is 2.44. The van der Waals surface area contributed by atoms with E-state index in [9.17, 15) is 37.9 Å². The molecule has 2 aliphatic heterocycles.